The van der Waals surface area contributed by atoms with Crippen LogP contribution in [-0.4, -0.2) is 14.5 Å². The highest BCUT2D eigenvalue weighted by molar-refractivity contribution is 6.34. The number of halogens is 2. The maximum Gasteiger partial charge on any atom is 0.222 e. The van der Waals surface area contributed by atoms with E-state index in [1.54, 1.807) is 13.1 Å². The molecule has 0 spiro atoms. The van der Waals surface area contributed by atoms with Gasteiger partial charge in [-0.05, 0) is 48.8 Å². The Balaban J connectivity index is 0.000000324. The lowest BCUT2D eigenvalue weighted by atomic mass is 10.0. The van der Waals surface area contributed by atoms with Crippen molar-refractivity contribution in [2.45, 2.75) is 26.3 Å². The van der Waals surface area contributed by atoms with Gasteiger partial charge in [-0.15, -0.1) is 6.42 Å². The van der Waals surface area contributed by atoms with E-state index in [-0.39, 0.29) is 5.28 Å². The van der Waals surface area contributed by atoms with Crippen LogP contribution in [0.5, 0.6) is 0 Å². The van der Waals surface area contributed by atoms with Crippen LogP contribution in [0.1, 0.15) is 18.9 Å². The van der Waals surface area contributed by atoms with E-state index in [4.69, 9.17) is 29.6 Å². The van der Waals surface area contributed by atoms with Crippen molar-refractivity contribution in [1.29, 1.82) is 0 Å². The first-order valence-electron chi connectivity index (χ1n) is 7.82. The van der Waals surface area contributed by atoms with Gasteiger partial charge in [0, 0.05) is 23.7 Å². The van der Waals surface area contributed by atoms with E-state index in [2.05, 4.69) is 56.7 Å². The van der Waals surface area contributed by atoms with Crippen molar-refractivity contribution in [3.63, 3.8) is 0 Å². The van der Waals surface area contributed by atoms with Crippen molar-refractivity contribution in [2.24, 2.45) is 0 Å². The monoisotopic (exact) mass is 367 g/mol. The van der Waals surface area contributed by atoms with Crippen molar-refractivity contribution in [3.8, 4) is 35.4 Å². The molecular weight excluding hydrogens is 353 g/mol. The summed E-state index contributed by atoms with van der Waals surface area (Å²) in [7, 11) is 0. The van der Waals surface area contributed by atoms with Crippen LogP contribution in [0.25, 0.3) is 22.2 Å². The Morgan fingerprint density at radius 3 is 2.84 bits per heavy atom. The highest BCUT2D eigenvalue weighted by atomic mass is 35.5. The molecule has 0 saturated heterocycles. The summed E-state index contributed by atoms with van der Waals surface area (Å²) in [6, 6.07) is 6.40. The van der Waals surface area contributed by atoms with Crippen LogP contribution in [0, 0.1) is 24.2 Å². The first-order chi connectivity index (χ1) is 12.2. The van der Waals surface area contributed by atoms with E-state index in [1.807, 2.05) is 0 Å². The van der Waals surface area contributed by atoms with Crippen LogP contribution >= 0.6 is 23.2 Å². The number of terminal acetylenes is 1. The molecule has 3 nitrogen and oxygen atoms in total. The van der Waals surface area contributed by atoms with Gasteiger partial charge >= 0.3 is 0 Å². The molecule has 0 fully saturated rings. The van der Waals surface area contributed by atoms with Gasteiger partial charge in [0.2, 0.25) is 5.28 Å². The van der Waals surface area contributed by atoms with Gasteiger partial charge in [0.25, 0.3) is 0 Å². The minimum absolute atomic E-state index is 0.219. The second-order valence-corrected chi connectivity index (χ2v) is 6.25. The highest BCUT2D eigenvalue weighted by Crippen LogP contribution is 2.37. The van der Waals surface area contributed by atoms with Crippen LogP contribution in [-0.2, 0) is 13.0 Å². The van der Waals surface area contributed by atoms with Crippen molar-refractivity contribution < 1.29 is 0 Å². The van der Waals surface area contributed by atoms with Crippen molar-refractivity contribution >= 4 is 34.1 Å². The fraction of sp³-hybridized carbons (Fsp3) is 0.200. The molecule has 1 aromatic carbocycles. The summed E-state index contributed by atoms with van der Waals surface area (Å²) in [5.74, 6) is 7.08. The second kappa shape index (κ2) is 7.62. The smallest absolute Gasteiger partial charge is 0.222 e. The SMILES string of the molecule is C#CC#CC.Clc1ncc(Cl)c(-c2cn3c4c(cccc24)CCC3)n1. The van der Waals surface area contributed by atoms with Crippen molar-refractivity contribution in [3.05, 3.63) is 46.5 Å². The molecule has 0 unspecified atom stereocenters. The summed E-state index contributed by atoms with van der Waals surface area (Å²) < 4.78 is 2.29. The third-order valence-corrected chi connectivity index (χ3v) is 4.45. The van der Waals surface area contributed by atoms with Gasteiger partial charge in [-0.3, -0.25) is 0 Å². The van der Waals surface area contributed by atoms with E-state index in [9.17, 15) is 0 Å². The first kappa shape index (κ1) is 17.4. The molecule has 124 valence electrons. The maximum absolute atomic E-state index is 6.25. The Kier molecular flexibility index (Phi) is 5.29. The lowest BCUT2D eigenvalue weighted by Gasteiger charge is -2.14. The number of rotatable bonds is 1. The summed E-state index contributed by atoms with van der Waals surface area (Å²) in [6.07, 6.45) is 10.7. The predicted molar refractivity (Wildman–Crippen MR) is 104 cm³/mol. The van der Waals surface area contributed by atoms with E-state index in [1.165, 1.54) is 22.9 Å². The molecule has 2 aromatic heterocycles. The molecule has 3 aromatic rings. The van der Waals surface area contributed by atoms with Crippen molar-refractivity contribution in [2.75, 3.05) is 0 Å². The zero-order valence-corrected chi connectivity index (χ0v) is 15.2. The average Bonchev–Trinajstić information content (AvgIpc) is 2.99. The molecular formula is C20H15Cl2N3. The van der Waals surface area contributed by atoms with Gasteiger partial charge in [0.05, 0.1) is 22.4 Å². The van der Waals surface area contributed by atoms with Gasteiger partial charge in [0.1, 0.15) is 0 Å². The molecule has 5 heteroatoms. The molecule has 0 aliphatic carbocycles. The Morgan fingerprint density at radius 2 is 2.12 bits per heavy atom. The fourth-order valence-electron chi connectivity index (χ4n) is 3.05. The third kappa shape index (κ3) is 3.49. The summed E-state index contributed by atoms with van der Waals surface area (Å²) >= 11 is 12.2. The molecule has 0 radical (unpaired) electrons. The number of aryl methyl sites for hydroxylation is 2. The zero-order valence-electron chi connectivity index (χ0n) is 13.7. The summed E-state index contributed by atoms with van der Waals surface area (Å²) in [5.41, 5.74) is 4.41. The lowest BCUT2D eigenvalue weighted by molar-refractivity contribution is 0.636. The molecule has 0 amide bonds. The number of aromatic nitrogens is 3. The molecule has 0 atom stereocenters. The largest absolute Gasteiger partial charge is 0.347 e. The van der Waals surface area contributed by atoms with Gasteiger partial charge in [-0.2, -0.15) is 0 Å². The molecule has 1 aliphatic heterocycles. The lowest BCUT2D eigenvalue weighted by Crippen LogP contribution is -2.05. The number of hydrogen-bond acceptors (Lipinski definition) is 2. The summed E-state index contributed by atoms with van der Waals surface area (Å²) in [6.45, 7) is 2.74. The molecule has 0 N–H and O–H groups in total. The topological polar surface area (TPSA) is 30.7 Å². The zero-order chi connectivity index (χ0) is 17.8. The average molecular weight is 368 g/mol. The Hall–Kier alpha value is -2.46. The normalized spacial score (nSPS) is 11.8. The maximum atomic E-state index is 6.25. The molecule has 3 heterocycles. The van der Waals surface area contributed by atoms with Crippen molar-refractivity contribution in [1.82, 2.24) is 14.5 Å². The standard InChI is InChI=1S/C15H11Cl2N3.C5H4/c16-12-7-18-15(17)19-13(12)11-8-20-6-2-4-9-3-1-5-10(11)14(9)20;1-3-5-4-2/h1,3,5,7-8H,2,4,6H2;1H,2H3. The minimum Gasteiger partial charge on any atom is -0.347 e. The molecule has 4 rings (SSSR count). The van der Waals surface area contributed by atoms with Crippen LogP contribution in [0.15, 0.2) is 30.6 Å². The van der Waals surface area contributed by atoms with Crippen LogP contribution in [0.3, 0.4) is 0 Å². The summed E-state index contributed by atoms with van der Waals surface area (Å²) in [4.78, 5) is 8.22. The first-order valence-corrected chi connectivity index (χ1v) is 8.57. The fourth-order valence-corrected chi connectivity index (χ4v) is 3.38. The second-order valence-electron chi connectivity index (χ2n) is 5.51. The third-order valence-electron chi connectivity index (χ3n) is 3.99. The summed E-state index contributed by atoms with van der Waals surface area (Å²) in [5, 5.41) is 1.92. The van der Waals surface area contributed by atoms with Gasteiger partial charge in [-0.1, -0.05) is 35.7 Å². The molecule has 25 heavy (non-hydrogen) atoms. The number of nitrogens with zero attached hydrogens (tertiary/aromatic N) is 3. The predicted octanol–water partition coefficient (Wildman–Crippen LogP) is 4.99. The van der Waals surface area contributed by atoms with Crippen LogP contribution in [0.4, 0.5) is 0 Å². The van der Waals surface area contributed by atoms with Gasteiger partial charge in [-0.25, -0.2) is 9.97 Å². The molecule has 0 saturated carbocycles. The van der Waals surface area contributed by atoms with E-state index in [0.29, 0.717) is 10.7 Å². The Bertz CT molecular complexity index is 1030. The van der Waals surface area contributed by atoms with Crippen LogP contribution in [0.2, 0.25) is 10.3 Å². The Labute approximate surface area is 157 Å². The Morgan fingerprint density at radius 1 is 1.28 bits per heavy atom. The van der Waals surface area contributed by atoms with E-state index in [0.717, 1.165) is 18.5 Å². The van der Waals surface area contributed by atoms with Crippen LogP contribution < -0.4 is 0 Å². The number of para-hydroxylation sites is 1. The number of benzene rings is 1. The quantitative estimate of drug-likeness (QED) is 0.447. The molecule has 0 bridgehead atoms. The van der Waals surface area contributed by atoms with E-state index < -0.39 is 0 Å². The van der Waals surface area contributed by atoms with Gasteiger partial charge < -0.3 is 4.57 Å². The van der Waals surface area contributed by atoms with E-state index >= 15 is 0 Å². The van der Waals surface area contributed by atoms with Gasteiger partial charge in [0.15, 0.2) is 0 Å². The molecule has 1 aliphatic rings. The number of hydrogen-bond donors (Lipinski definition) is 0. The minimum atomic E-state index is 0.219. The highest BCUT2D eigenvalue weighted by Gasteiger charge is 2.19.